The summed E-state index contributed by atoms with van der Waals surface area (Å²) < 4.78 is 0. The third-order valence-corrected chi connectivity index (χ3v) is 17.1. The zero-order valence-electron chi connectivity index (χ0n) is 36.1. The van der Waals surface area contributed by atoms with Gasteiger partial charge in [-0.3, -0.25) is 0 Å². The zero-order chi connectivity index (χ0) is 42.5. The molecule has 4 heteroatoms. The Morgan fingerprint density at radius 2 is 0.656 bits per heavy atom. The fourth-order valence-corrected chi connectivity index (χ4v) is 14.3. The van der Waals surface area contributed by atoms with Gasteiger partial charge in [0.25, 0.3) is 0 Å². The van der Waals surface area contributed by atoms with Crippen molar-refractivity contribution in [3.8, 4) is 34.2 Å². The SMILES string of the molecule is Cc1ccccc1-c1nc(-c2cccc(C(c3ccccc3)(c3ccccc3)c3ccccc3)c2)nc(-c2cccc([Si](c3ccccc3)(c3ccccc3)c3ccccc3)c2)n1.[CH3-]. The monoisotopic (exact) mass is 838 g/mol. The third-order valence-electron chi connectivity index (χ3n) is 12.4. The predicted octanol–water partition coefficient (Wildman–Crippen LogP) is 11.4. The van der Waals surface area contributed by atoms with Crippen LogP contribution in [0.3, 0.4) is 0 Å². The molecule has 0 unspecified atom stereocenters. The summed E-state index contributed by atoms with van der Waals surface area (Å²) in [7, 11) is -2.82. The third kappa shape index (κ3) is 7.48. The van der Waals surface area contributed by atoms with Crippen LogP contribution < -0.4 is 20.7 Å². The Kier molecular flexibility index (Phi) is 11.9. The van der Waals surface area contributed by atoms with Gasteiger partial charge < -0.3 is 7.43 Å². The Balaban J connectivity index is 0.00000518. The molecule has 64 heavy (non-hydrogen) atoms. The summed E-state index contributed by atoms with van der Waals surface area (Å²) >= 11 is 0. The largest absolute Gasteiger partial charge is 0.358 e. The van der Waals surface area contributed by atoms with E-state index in [1.807, 2.05) is 0 Å². The molecule has 0 amide bonds. The highest BCUT2D eigenvalue weighted by atomic mass is 28.3. The summed E-state index contributed by atoms with van der Waals surface area (Å²) in [4.78, 5) is 16.0. The van der Waals surface area contributed by atoms with Crippen LogP contribution in [0.1, 0.15) is 27.8 Å². The standard InChI is InChI=1S/C59H45N3Si.CH3/c1-44-24-20-21-41-55(44)58-61-56(45-25-22-33-50(42-45)59(47-27-8-2-9-28-47,48-29-10-3-11-30-48)49-31-12-4-13-32-49)60-57(62-58)46-26-23-40-54(43-46)63(51-34-14-5-15-35-51,52-36-16-6-17-37-52)53-38-18-7-19-39-53;/h2-43H,1H3;1H3/q;-1. The van der Waals surface area contributed by atoms with Gasteiger partial charge >= 0.3 is 0 Å². The molecule has 1 aromatic heterocycles. The molecule has 0 saturated heterocycles. The molecule has 0 aliphatic heterocycles. The zero-order valence-corrected chi connectivity index (χ0v) is 37.1. The molecule has 1 heterocycles. The molecule has 9 aromatic carbocycles. The average molecular weight is 839 g/mol. The summed E-state index contributed by atoms with van der Waals surface area (Å²) in [5.41, 5.74) is 7.96. The molecule has 0 atom stereocenters. The fraction of sp³-hybridized carbons (Fsp3) is 0.0333. The van der Waals surface area contributed by atoms with Crippen molar-refractivity contribution in [2.24, 2.45) is 0 Å². The predicted molar refractivity (Wildman–Crippen MR) is 269 cm³/mol. The lowest BCUT2D eigenvalue weighted by molar-refractivity contribution is 0.745. The summed E-state index contributed by atoms with van der Waals surface area (Å²) in [6.07, 6.45) is 0. The summed E-state index contributed by atoms with van der Waals surface area (Å²) in [5, 5.41) is 5.19. The second-order valence-corrected chi connectivity index (χ2v) is 19.8. The van der Waals surface area contributed by atoms with Crippen LogP contribution in [-0.4, -0.2) is 23.0 Å². The molecule has 0 bridgehead atoms. The molecule has 10 rings (SSSR count). The number of aryl methyl sites for hydroxylation is 1. The molecule has 0 saturated carbocycles. The molecule has 0 aliphatic rings. The lowest BCUT2D eigenvalue weighted by Crippen LogP contribution is -2.74. The second-order valence-electron chi connectivity index (χ2n) is 16.0. The minimum atomic E-state index is -2.82. The van der Waals surface area contributed by atoms with E-state index in [-0.39, 0.29) is 7.43 Å². The highest BCUT2D eigenvalue weighted by Crippen LogP contribution is 2.45. The number of nitrogens with zero attached hydrogens (tertiary/aromatic N) is 3. The van der Waals surface area contributed by atoms with Gasteiger partial charge in [0, 0.05) is 16.7 Å². The molecule has 0 N–H and O–H groups in total. The lowest BCUT2D eigenvalue weighted by atomic mass is 9.65. The van der Waals surface area contributed by atoms with Crippen molar-refractivity contribution in [3.63, 3.8) is 0 Å². The van der Waals surface area contributed by atoms with E-state index in [0.717, 1.165) is 27.8 Å². The first-order chi connectivity index (χ1) is 31.2. The number of aromatic nitrogens is 3. The van der Waals surface area contributed by atoms with Crippen molar-refractivity contribution in [3.05, 3.63) is 290 Å². The van der Waals surface area contributed by atoms with E-state index in [1.165, 1.54) is 37.4 Å². The van der Waals surface area contributed by atoms with Crippen LogP contribution in [0.4, 0.5) is 0 Å². The Bertz CT molecular complexity index is 2720. The quantitative estimate of drug-likeness (QED) is 0.0740. The maximum atomic E-state index is 5.41. The minimum absolute atomic E-state index is 0. The number of benzene rings is 9. The molecule has 308 valence electrons. The van der Waals surface area contributed by atoms with Crippen molar-refractivity contribution >= 4 is 28.8 Å². The summed E-state index contributed by atoms with van der Waals surface area (Å²) in [6.45, 7) is 2.12. The Morgan fingerprint density at radius 3 is 1.11 bits per heavy atom. The van der Waals surface area contributed by atoms with Crippen LogP contribution >= 0.6 is 0 Å². The van der Waals surface area contributed by atoms with E-state index in [4.69, 9.17) is 15.0 Å². The number of rotatable bonds is 11. The molecular formula is C60H48N3Si-. The maximum absolute atomic E-state index is 5.41. The molecule has 0 fully saturated rings. The maximum Gasteiger partial charge on any atom is 0.179 e. The first-order valence-electron chi connectivity index (χ1n) is 21.5. The molecule has 0 aliphatic carbocycles. The first kappa shape index (κ1) is 41.6. The van der Waals surface area contributed by atoms with Gasteiger partial charge in [-0.1, -0.05) is 249 Å². The highest BCUT2D eigenvalue weighted by Gasteiger charge is 2.42. The van der Waals surface area contributed by atoms with Crippen LogP contribution in [0.2, 0.25) is 0 Å². The van der Waals surface area contributed by atoms with Gasteiger partial charge in [-0.15, -0.1) is 0 Å². The second kappa shape index (κ2) is 18.3. The van der Waals surface area contributed by atoms with E-state index in [1.54, 1.807) is 0 Å². The van der Waals surface area contributed by atoms with Gasteiger partial charge in [-0.2, -0.15) is 0 Å². The van der Waals surface area contributed by atoms with Crippen molar-refractivity contribution in [1.82, 2.24) is 15.0 Å². The first-order valence-corrected chi connectivity index (χ1v) is 23.5. The van der Waals surface area contributed by atoms with Gasteiger partial charge in [0.1, 0.15) is 0 Å². The average Bonchev–Trinajstić information content (AvgIpc) is 3.37. The summed E-state index contributed by atoms with van der Waals surface area (Å²) in [5.74, 6) is 1.89. The normalized spacial score (nSPS) is 11.4. The molecule has 0 spiro atoms. The number of hydrogen-bond acceptors (Lipinski definition) is 3. The lowest BCUT2D eigenvalue weighted by Gasteiger charge is -2.37. The molecular weight excluding hydrogens is 791 g/mol. The van der Waals surface area contributed by atoms with Crippen molar-refractivity contribution in [2.75, 3.05) is 0 Å². The smallest absolute Gasteiger partial charge is 0.179 e. The Hall–Kier alpha value is -7.79. The van der Waals surface area contributed by atoms with Gasteiger partial charge in [-0.25, -0.2) is 15.0 Å². The van der Waals surface area contributed by atoms with Gasteiger partial charge in [0.2, 0.25) is 0 Å². The Morgan fingerprint density at radius 1 is 0.312 bits per heavy atom. The minimum Gasteiger partial charge on any atom is -0.358 e. The number of hydrogen-bond donors (Lipinski definition) is 0. The van der Waals surface area contributed by atoms with E-state index in [0.29, 0.717) is 17.5 Å². The van der Waals surface area contributed by atoms with Crippen LogP contribution in [0.15, 0.2) is 255 Å². The highest BCUT2D eigenvalue weighted by molar-refractivity contribution is 7.19. The van der Waals surface area contributed by atoms with E-state index in [2.05, 4.69) is 262 Å². The van der Waals surface area contributed by atoms with Gasteiger partial charge in [0.05, 0.1) is 5.41 Å². The van der Waals surface area contributed by atoms with Crippen molar-refractivity contribution < 1.29 is 0 Å². The van der Waals surface area contributed by atoms with E-state index in [9.17, 15) is 0 Å². The van der Waals surface area contributed by atoms with Gasteiger partial charge in [0.15, 0.2) is 25.5 Å². The van der Waals surface area contributed by atoms with Crippen LogP contribution in [0, 0.1) is 14.4 Å². The molecule has 10 aromatic rings. The van der Waals surface area contributed by atoms with Gasteiger partial charge in [-0.05, 0) is 61.6 Å². The topological polar surface area (TPSA) is 38.7 Å². The van der Waals surface area contributed by atoms with E-state index < -0.39 is 13.5 Å². The molecule has 3 nitrogen and oxygen atoms in total. The Labute approximate surface area is 378 Å². The van der Waals surface area contributed by atoms with E-state index >= 15 is 0 Å². The van der Waals surface area contributed by atoms with Crippen LogP contribution in [0.25, 0.3) is 34.2 Å². The van der Waals surface area contributed by atoms with Crippen molar-refractivity contribution in [2.45, 2.75) is 12.3 Å². The van der Waals surface area contributed by atoms with Crippen LogP contribution in [-0.2, 0) is 5.41 Å². The fourth-order valence-electron chi connectivity index (χ4n) is 9.49. The molecule has 0 radical (unpaired) electrons. The van der Waals surface area contributed by atoms with Crippen LogP contribution in [0.5, 0.6) is 0 Å². The van der Waals surface area contributed by atoms with Crippen molar-refractivity contribution in [1.29, 1.82) is 0 Å². The summed E-state index contributed by atoms with van der Waals surface area (Å²) in [6, 6.07) is 91.6.